The number of nitrogens with one attached hydrogen (secondary N) is 2. The molecule has 0 aromatic rings. The maximum atomic E-state index is 12.0. The van der Waals surface area contributed by atoms with Crippen LogP contribution in [0.1, 0.15) is 26.2 Å². The number of unbranched alkanes of at least 4 members (excludes halogenated alkanes) is 1. The number of hydrogen-bond acceptors (Lipinski definition) is 9. The summed E-state index contributed by atoms with van der Waals surface area (Å²) >= 11 is 0. The lowest BCUT2D eigenvalue weighted by Crippen LogP contribution is -2.64. The van der Waals surface area contributed by atoms with Crippen LogP contribution in [-0.4, -0.2) is 104 Å². The van der Waals surface area contributed by atoms with E-state index in [0.29, 0.717) is 26.1 Å². The number of aliphatic hydroxyl groups is 3. The van der Waals surface area contributed by atoms with Crippen LogP contribution in [0.15, 0.2) is 0 Å². The van der Waals surface area contributed by atoms with E-state index >= 15 is 0 Å². The largest absolute Gasteiger partial charge is 0.394 e. The lowest BCUT2D eigenvalue weighted by Gasteiger charge is -2.42. The highest BCUT2D eigenvalue weighted by molar-refractivity contribution is 5.76. The van der Waals surface area contributed by atoms with Crippen molar-refractivity contribution in [1.82, 2.24) is 10.6 Å². The third-order valence-electron chi connectivity index (χ3n) is 4.43. The molecule has 1 heterocycles. The molecule has 0 saturated carbocycles. The van der Waals surface area contributed by atoms with Gasteiger partial charge in [0.25, 0.3) is 0 Å². The lowest BCUT2D eigenvalue weighted by molar-refractivity contribution is -0.270. The van der Waals surface area contributed by atoms with Crippen LogP contribution < -0.4 is 10.6 Å². The van der Waals surface area contributed by atoms with E-state index in [0.717, 1.165) is 0 Å². The van der Waals surface area contributed by atoms with Crippen molar-refractivity contribution < 1.29 is 43.9 Å². The van der Waals surface area contributed by atoms with Crippen LogP contribution in [0.5, 0.6) is 0 Å². The molecule has 2 amide bonds. The molecule has 2 unspecified atom stereocenters. The average Bonchev–Trinajstić information content (AvgIpc) is 2.66. The molecular weight excluding hydrogens is 388 g/mol. The second-order valence-corrected chi connectivity index (χ2v) is 6.94. The number of aliphatic hydroxyl groups excluding tert-OH is 3. The van der Waals surface area contributed by atoms with Crippen LogP contribution >= 0.6 is 0 Å². The zero-order valence-electron chi connectivity index (χ0n) is 17.2. The number of amides is 2. The van der Waals surface area contributed by atoms with Crippen LogP contribution in [0, 0.1) is 0 Å². The van der Waals surface area contributed by atoms with Crippen LogP contribution in [0.2, 0.25) is 0 Å². The fourth-order valence-corrected chi connectivity index (χ4v) is 3.03. The normalized spacial score (nSPS) is 27.1. The number of carbonyl (C=O) groups excluding carboxylic acids is 2. The molecule has 0 spiro atoms. The van der Waals surface area contributed by atoms with Crippen molar-refractivity contribution in [1.29, 1.82) is 0 Å². The molecule has 11 heteroatoms. The van der Waals surface area contributed by atoms with Crippen LogP contribution in [0.4, 0.5) is 0 Å². The van der Waals surface area contributed by atoms with Crippen molar-refractivity contribution in [2.24, 2.45) is 0 Å². The molecule has 11 nitrogen and oxygen atoms in total. The van der Waals surface area contributed by atoms with Gasteiger partial charge in [-0.05, 0) is 12.8 Å². The molecule has 170 valence electrons. The van der Waals surface area contributed by atoms with E-state index in [1.807, 2.05) is 0 Å². The maximum Gasteiger partial charge on any atom is 0.220 e. The second-order valence-electron chi connectivity index (χ2n) is 6.94. The van der Waals surface area contributed by atoms with Gasteiger partial charge in [-0.25, -0.2) is 0 Å². The first-order chi connectivity index (χ1) is 13.8. The Kier molecular flexibility index (Phi) is 12.2. The van der Waals surface area contributed by atoms with Crippen LogP contribution in [0.3, 0.4) is 0 Å². The monoisotopic (exact) mass is 422 g/mol. The first-order valence-electron chi connectivity index (χ1n) is 9.62. The van der Waals surface area contributed by atoms with Gasteiger partial charge < -0.3 is 44.9 Å². The van der Waals surface area contributed by atoms with Crippen molar-refractivity contribution in [3.05, 3.63) is 0 Å². The van der Waals surface area contributed by atoms with Gasteiger partial charge in [-0.1, -0.05) is 0 Å². The summed E-state index contributed by atoms with van der Waals surface area (Å²) in [5.41, 5.74) is 0. The Morgan fingerprint density at radius 1 is 1.10 bits per heavy atom. The molecule has 5 N–H and O–H groups in total. The van der Waals surface area contributed by atoms with Gasteiger partial charge in [-0.3, -0.25) is 9.59 Å². The van der Waals surface area contributed by atoms with E-state index in [-0.39, 0.29) is 25.0 Å². The molecule has 1 aliphatic rings. The minimum absolute atomic E-state index is 0.131. The second kappa shape index (κ2) is 13.8. The minimum Gasteiger partial charge on any atom is -0.394 e. The summed E-state index contributed by atoms with van der Waals surface area (Å²) in [6.07, 6.45) is -3.40. The Labute approximate surface area is 170 Å². The summed E-state index contributed by atoms with van der Waals surface area (Å²) in [5, 5.41) is 34.7. The SMILES string of the molecule is COCC(COC)NC(=O)CCCCO[C@@H]1OC(CO)[C@H](O)C(O)[C@@H]1NC(C)=O. The van der Waals surface area contributed by atoms with E-state index in [2.05, 4.69) is 10.6 Å². The first-order valence-corrected chi connectivity index (χ1v) is 9.62. The Balaban J connectivity index is 2.41. The van der Waals surface area contributed by atoms with Crippen molar-refractivity contribution in [2.75, 3.05) is 40.6 Å². The quantitative estimate of drug-likeness (QED) is 0.210. The van der Waals surface area contributed by atoms with Gasteiger partial charge in [0.05, 0.1) is 25.9 Å². The average molecular weight is 422 g/mol. The lowest BCUT2D eigenvalue weighted by atomic mass is 9.97. The molecule has 0 radical (unpaired) electrons. The van der Waals surface area contributed by atoms with Crippen molar-refractivity contribution >= 4 is 11.8 Å². The molecule has 1 aliphatic heterocycles. The summed E-state index contributed by atoms with van der Waals surface area (Å²) in [6, 6.07) is -1.19. The molecule has 0 aromatic carbocycles. The van der Waals surface area contributed by atoms with Gasteiger partial charge in [0.15, 0.2) is 6.29 Å². The summed E-state index contributed by atoms with van der Waals surface area (Å²) in [4.78, 5) is 23.3. The zero-order valence-corrected chi connectivity index (χ0v) is 17.2. The number of carbonyl (C=O) groups is 2. The van der Waals surface area contributed by atoms with Gasteiger partial charge in [-0.2, -0.15) is 0 Å². The molecular formula is C18H34N2O9. The van der Waals surface area contributed by atoms with E-state index < -0.39 is 43.2 Å². The molecule has 1 rings (SSSR count). The Morgan fingerprint density at radius 3 is 2.31 bits per heavy atom. The fraction of sp³-hybridized carbons (Fsp3) is 0.889. The van der Waals surface area contributed by atoms with Gasteiger partial charge in [0.1, 0.15) is 24.4 Å². The van der Waals surface area contributed by atoms with E-state index in [1.54, 1.807) is 14.2 Å². The highest BCUT2D eigenvalue weighted by atomic mass is 16.7. The minimum atomic E-state index is -1.35. The van der Waals surface area contributed by atoms with Crippen LogP contribution in [0.25, 0.3) is 0 Å². The van der Waals surface area contributed by atoms with Gasteiger partial charge in [0, 0.05) is 34.2 Å². The summed E-state index contributed by atoms with van der Waals surface area (Å²) in [7, 11) is 3.09. The summed E-state index contributed by atoms with van der Waals surface area (Å²) in [6.45, 7) is 1.68. The molecule has 1 saturated heterocycles. The van der Waals surface area contributed by atoms with E-state index in [4.69, 9.17) is 18.9 Å². The smallest absolute Gasteiger partial charge is 0.220 e. The topological polar surface area (TPSA) is 156 Å². The number of methoxy groups -OCH3 is 2. The van der Waals surface area contributed by atoms with Gasteiger partial charge in [-0.15, -0.1) is 0 Å². The highest BCUT2D eigenvalue weighted by Crippen LogP contribution is 2.22. The number of rotatable bonds is 13. The van der Waals surface area contributed by atoms with Crippen molar-refractivity contribution in [3.8, 4) is 0 Å². The predicted molar refractivity (Wildman–Crippen MR) is 101 cm³/mol. The first kappa shape index (κ1) is 25.7. The zero-order chi connectivity index (χ0) is 21.8. The highest BCUT2D eigenvalue weighted by Gasteiger charge is 2.45. The Morgan fingerprint density at radius 2 is 1.76 bits per heavy atom. The van der Waals surface area contributed by atoms with Crippen LogP contribution in [-0.2, 0) is 28.5 Å². The molecule has 1 fully saturated rings. The molecule has 5 atom stereocenters. The standard InChI is InChI=1S/C18H34N2O9/c1-11(22)19-15-17(25)16(24)13(8-21)29-18(15)28-7-5-4-6-14(23)20-12(9-26-2)10-27-3/h12-13,15-18,21,24-25H,4-10H2,1-3H3,(H,19,22)(H,20,23)/t13?,15-,16-,17?,18+/m0/s1. The van der Waals surface area contributed by atoms with Gasteiger partial charge in [0.2, 0.25) is 11.8 Å². The van der Waals surface area contributed by atoms with Gasteiger partial charge >= 0.3 is 0 Å². The number of ether oxygens (including phenoxy) is 4. The maximum absolute atomic E-state index is 12.0. The Hall–Kier alpha value is -1.34. The summed E-state index contributed by atoms with van der Waals surface area (Å²) in [5.74, 6) is -0.549. The predicted octanol–water partition coefficient (Wildman–Crippen LogP) is -2.11. The Bertz CT molecular complexity index is 488. The third kappa shape index (κ3) is 8.91. The molecule has 0 aliphatic carbocycles. The van der Waals surface area contributed by atoms with E-state index in [9.17, 15) is 24.9 Å². The van der Waals surface area contributed by atoms with Crippen molar-refractivity contribution in [3.63, 3.8) is 0 Å². The molecule has 0 aromatic heterocycles. The third-order valence-corrected chi connectivity index (χ3v) is 4.43. The molecule has 29 heavy (non-hydrogen) atoms. The van der Waals surface area contributed by atoms with E-state index in [1.165, 1.54) is 6.92 Å². The number of hydrogen-bond donors (Lipinski definition) is 5. The molecule has 0 bridgehead atoms. The summed E-state index contributed by atoms with van der Waals surface area (Å²) < 4.78 is 21.1. The fourth-order valence-electron chi connectivity index (χ4n) is 3.03. The van der Waals surface area contributed by atoms with Crippen molar-refractivity contribution in [2.45, 2.75) is 62.9 Å².